The second kappa shape index (κ2) is 29.0. The predicted octanol–water partition coefficient (Wildman–Crippen LogP) is 3.24. The largest absolute Gasteiger partial charge is 0.471 e. The van der Waals surface area contributed by atoms with E-state index in [0.29, 0.717) is 35.5 Å². The van der Waals surface area contributed by atoms with E-state index in [-0.39, 0.29) is 65.3 Å². The minimum absolute atomic E-state index is 0.159. The van der Waals surface area contributed by atoms with Crippen molar-refractivity contribution in [3.63, 3.8) is 0 Å². The molecule has 406 valence electrons. The molecule has 0 saturated carbocycles. The molecule has 2 heterocycles. The Kier molecular flexibility index (Phi) is 23.7. The molecule has 0 unspecified atom stereocenters. The third-order valence-electron chi connectivity index (χ3n) is 13.1. The summed E-state index contributed by atoms with van der Waals surface area (Å²) in [5.74, 6) is 4.25. The maximum Gasteiger partial charge on any atom is 0.471 e. The number of likely N-dealkylation sites (tertiary alicyclic amines) is 2. The van der Waals surface area contributed by atoms with Crippen molar-refractivity contribution in [3.05, 3.63) is 71.8 Å². The maximum absolute atomic E-state index is 14.2. The van der Waals surface area contributed by atoms with E-state index in [2.05, 4.69) is 44.9 Å². The van der Waals surface area contributed by atoms with Crippen LogP contribution in [-0.4, -0.2) is 182 Å². The number of carbonyl (C=O) groups is 6. The molecule has 74 heavy (non-hydrogen) atoms. The molecule has 2 saturated heterocycles. The second-order valence-corrected chi connectivity index (χ2v) is 18.3. The van der Waals surface area contributed by atoms with Gasteiger partial charge in [0.25, 0.3) is 0 Å². The van der Waals surface area contributed by atoms with Crippen LogP contribution in [0.2, 0.25) is 0 Å². The van der Waals surface area contributed by atoms with Gasteiger partial charge in [0.1, 0.15) is 25.3 Å². The summed E-state index contributed by atoms with van der Waals surface area (Å²) in [6.07, 6.45) is -10.4. The minimum Gasteiger partial charge on any atom is -0.363 e. The van der Waals surface area contributed by atoms with E-state index in [1.54, 1.807) is 88.6 Å². The third kappa shape index (κ3) is 18.3. The average Bonchev–Trinajstić information content (AvgIpc) is 4.06. The van der Waals surface area contributed by atoms with Crippen LogP contribution in [0, 0.1) is 23.7 Å². The summed E-state index contributed by atoms with van der Waals surface area (Å²) < 4.78 is 94.5. The van der Waals surface area contributed by atoms with E-state index < -0.39 is 96.3 Å². The molecule has 6 amide bonds. The molecule has 8 atom stereocenters. The van der Waals surface area contributed by atoms with Gasteiger partial charge in [-0.2, -0.15) is 26.3 Å². The number of likely N-dealkylation sites (N-methyl/N-ethyl adjacent to an activating group) is 2. The average molecular weight is 1050 g/mol. The third-order valence-corrected chi connectivity index (χ3v) is 13.1. The molecule has 0 aliphatic carbocycles. The van der Waals surface area contributed by atoms with Gasteiger partial charge >= 0.3 is 24.2 Å². The standard InChI is InChI=1S/C52H68F6N8O8/c1-35(59-5)45(67)61-43(47(69)65-27-17-23-41(65)33-63(49(71)51(53,54)55)29-25-39-19-11-9-12-20-39)37(3)73-31-15-7-8-16-32-74-38(4)44(62-46(68)36(2)60-6)48(70)66-28-18-24-42(66)34-64(50(72)52(56,57)58)30-26-40-21-13-10-14-22-40/h9-14,19-22,35-38,41-44,59-60H,17-18,23-34H2,1-6H3,(H,61,67)(H,62,68)/t35-,36-,37+,38+,41-,42-,43+,44+/m0/s1. The summed E-state index contributed by atoms with van der Waals surface area (Å²) in [6, 6.07) is 11.9. The zero-order valence-corrected chi connectivity index (χ0v) is 42.6. The lowest BCUT2D eigenvalue weighted by atomic mass is 10.1. The molecule has 2 fully saturated rings. The SMILES string of the molecule is CN[C@@H](C)C(=O)N[C@@H](C(=O)N1CCC[C@H]1CN(CCc1ccccc1)C(=O)C(F)(F)F)[C@@H](C)OCC#CC#CCO[C@H](C)[C@@H](NC(=O)[C@H](C)NC)C(=O)N1CCC[C@H]1CN(CCc1ccccc1)C(=O)C(F)(F)F. The zero-order chi connectivity index (χ0) is 54.6. The highest BCUT2D eigenvalue weighted by Crippen LogP contribution is 2.27. The van der Waals surface area contributed by atoms with Crippen LogP contribution in [-0.2, 0) is 51.1 Å². The lowest BCUT2D eigenvalue weighted by Crippen LogP contribution is -2.59. The Morgan fingerprint density at radius 2 is 0.959 bits per heavy atom. The van der Waals surface area contributed by atoms with Gasteiger partial charge in [0.15, 0.2) is 0 Å². The monoisotopic (exact) mass is 1050 g/mol. The normalized spacial score (nSPS) is 18.1. The highest BCUT2D eigenvalue weighted by atomic mass is 19.4. The van der Waals surface area contributed by atoms with Gasteiger partial charge in [-0.15, -0.1) is 0 Å². The topological polar surface area (TPSA) is 182 Å². The van der Waals surface area contributed by atoms with E-state index >= 15 is 0 Å². The van der Waals surface area contributed by atoms with Crippen LogP contribution in [0.25, 0.3) is 0 Å². The number of halogens is 6. The van der Waals surface area contributed by atoms with Gasteiger partial charge in [-0.1, -0.05) is 72.5 Å². The molecule has 2 aliphatic heterocycles. The zero-order valence-electron chi connectivity index (χ0n) is 42.6. The van der Waals surface area contributed by atoms with Crippen molar-refractivity contribution < 1.29 is 64.6 Å². The molecule has 16 nitrogen and oxygen atoms in total. The summed E-state index contributed by atoms with van der Waals surface area (Å²) in [4.78, 5) is 84.0. The first-order chi connectivity index (χ1) is 35.1. The molecule has 0 spiro atoms. The first kappa shape index (κ1) is 60.4. The first-order valence-corrected chi connectivity index (χ1v) is 24.6. The summed E-state index contributed by atoms with van der Waals surface area (Å²) in [5, 5.41) is 11.0. The maximum atomic E-state index is 14.2. The molecule has 4 rings (SSSR count). The number of nitrogens with one attached hydrogen (secondary N) is 4. The molecule has 2 aliphatic rings. The Morgan fingerprint density at radius 1 is 0.608 bits per heavy atom. The van der Waals surface area contributed by atoms with Gasteiger partial charge in [0.2, 0.25) is 23.6 Å². The molecule has 2 aromatic carbocycles. The van der Waals surface area contributed by atoms with Crippen LogP contribution >= 0.6 is 0 Å². The van der Waals surface area contributed by atoms with E-state index in [1.165, 1.54) is 23.6 Å². The van der Waals surface area contributed by atoms with Crippen molar-refractivity contribution in [2.75, 3.05) is 66.6 Å². The number of hydrogen-bond acceptors (Lipinski definition) is 10. The molecule has 0 bridgehead atoms. The van der Waals surface area contributed by atoms with Crippen LogP contribution in [0.1, 0.15) is 64.5 Å². The molecule has 2 aromatic rings. The Labute approximate surface area is 429 Å². The van der Waals surface area contributed by atoms with E-state index in [4.69, 9.17) is 9.47 Å². The van der Waals surface area contributed by atoms with E-state index in [1.807, 2.05) is 0 Å². The number of hydrogen-bond donors (Lipinski definition) is 4. The smallest absolute Gasteiger partial charge is 0.363 e. The van der Waals surface area contributed by atoms with Crippen molar-refractivity contribution in [1.29, 1.82) is 0 Å². The highest BCUT2D eigenvalue weighted by Gasteiger charge is 2.46. The Morgan fingerprint density at radius 3 is 1.28 bits per heavy atom. The van der Waals surface area contributed by atoms with Crippen molar-refractivity contribution >= 4 is 35.4 Å². The van der Waals surface area contributed by atoms with E-state index in [0.717, 1.165) is 11.1 Å². The molecular formula is C52H68F6N8O8. The van der Waals surface area contributed by atoms with Crippen LogP contribution in [0.15, 0.2) is 60.7 Å². The number of benzene rings is 2. The van der Waals surface area contributed by atoms with Crippen molar-refractivity contribution in [1.82, 2.24) is 40.9 Å². The number of amides is 6. The van der Waals surface area contributed by atoms with Gasteiger partial charge in [-0.05, 0) is 103 Å². The molecule has 22 heteroatoms. The fourth-order valence-corrected chi connectivity index (χ4v) is 8.50. The fraction of sp³-hybridized carbons (Fsp3) is 0.577. The van der Waals surface area contributed by atoms with Crippen molar-refractivity contribution in [3.8, 4) is 23.7 Å². The van der Waals surface area contributed by atoms with Gasteiger partial charge in [-0.25, -0.2) is 0 Å². The van der Waals surface area contributed by atoms with Gasteiger partial charge in [0, 0.05) is 51.4 Å². The minimum atomic E-state index is -5.14. The summed E-state index contributed by atoms with van der Waals surface area (Å²) in [7, 11) is 3.10. The van der Waals surface area contributed by atoms with Crippen LogP contribution in [0.5, 0.6) is 0 Å². The Hall–Kier alpha value is -6.20. The molecule has 0 radical (unpaired) electrons. The Balaban J connectivity index is 1.41. The second-order valence-electron chi connectivity index (χ2n) is 18.3. The van der Waals surface area contributed by atoms with Gasteiger partial charge in [-0.3, -0.25) is 28.8 Å². The summed E-state index contributed by atoms with van der Waals surface area (Å²) in [5.41, 5.74) is 1.47. The van der Waals surface area contributed by atoms with Gasteiger partial charge < -0.3 is 50.3 Å². The fourth-order valence-electron chi connectivity index (χ4n) is 8.50. The number of alkyl halides is 6. The van der Waals surface area contributed by atoms with Crippen LogP contribution < -0.4 is 21.3 Å². The summed E-state index contributed by atoms with van der Waals surface area (Å²) >= 11 is 0. The lowest BCUT2D eigenvalue weighted by molar-refractivity contribution is -0.186. The number of rotatable bonds is 24. The summed E-state index contributed by atoms with van der Waals surface area (Å²) in [6.45, 7) is 4.78. The van der Waals surface area contributed by atoms with Gasteiger partial charge in [0.05, 0.1) is 24.3 Å². The highest BCUT2D eigenvalue weighted by molar-refractivity contribution is 5.91. The molecular weight excluding hydrogens is 979 g/mol. The predicted molar refractivity (Wildman–Crippen MR) is 262 cm³/mol. The lowest BCUT2D eigenvalue weighted by Gasteiger charge is -2.35. The number of ether oxygens (including phenoxy) is 2. The van der Waals surface area contributed by atoms with Crippen molar-refractivity contribution in [2.24, 2.45) is 0 Å². The molecule has 4 N–H and O–H groups in total. The first-order valence-electron chi connectivity index (χ1n) is 24.6. The number of carbonyl (C=O) groups excluding carboxylic acids is 6. The van der Waals surface area contributed by atoms with Crippen LogP contribution in [0.3, 0.4) is 0 Å². The Bertz CT molecular complexity index is 2150. The van der Waals surface area contributed by atoms with E-state index in [9.17, 15) is 55.1 Å². The molecule has 0 aromatic heterocycles. The van der Waals surface area contributed by atoms with Crippen molar-refractivity contribution in [2.45, 2.75) is 127 Å². The van der Waals surface area contributed by atoms with Crippen LogP contribution in [0.4, 0.5) is 26.3 Å². The quantitative estimate of drug-likeness (QED) is 0.0901. The number of nitrogens with zero attached hydrogens (tertiary/aromatic N) is 4.